The van der Waals surface area contributed by atoms with Crippen LogP contribution >= 0.6 is 11.8 Å². The summed E-state index contributed by atoms with van der Waals surface area (Å²) in [6.45, 7) is 12.5. The summed E-state index contributed by atoms with van der Waals surface area (Å²) in [5, 5.41) is 13.9. The fraction of sp³-hybridized carbons (Fsp3) is 0.793. The molecule has 0 bridgehead atoms. The molecule has 36 heavy (non-hydrogen) atoms. The number of nitrogens with zero attached hydrogens (tertiary/aromatic N) is 1. The highest BCUT2D eigenvalue weighted by atomic mass is 32.2. The van der Waals surface area contributed by atoms with E-state index in [1.165, 1.54) is 12.8 Å². The van der Waals surface area contributed by atoms with Crippen LogP contribution in [0.1, 0.15) is 66.7 Å². The van der Waals surface area contributed by atoms with Crippen molar-refractivity contribution in [1.82, 2.24) is 5.06 Å². The highest BCUT2D eigenvalue weighted by Crippen LogP contribution is 2.79. The molecule has 0 unspecified atom stereocenters. The lowest BCUT2D eigenvalue weighted by atomic mass is 9.35. The minimum Gasteiger partial charge on any atom is -0.392 e. The van der Waals surface area contributed by atoms with Gasteiger partial charge in [-0.2, -0.15) is 5.06 Å². The molecule has 198 valence electrons. The Bertz CT molecular complexity index is 1070. The van der Waals surface area contributed by atoms with Crippen molar-refractivity contribution in [2.75, 3.05) is 19.1 Å². The van der Waals surface area contributed by atoms with Gasteiger partial charge in [-0.25, -0.2) is 4.39 Å². The molecule has 5 nitrogen and oxygen atoms in total. The lowest BCUT2D eigenvalue weighted by molar-refractivity contribution is -0.280. The molecule has 0 spiro atoms. The zero-order valence-corrected chi connectivity index (χ0v) is 23.0. The molecule has 5 aliphatic carbocycles. The monoisotopic (exact) mass is 517 g/mol. The van der Waals surface area contributed by atoms with Gasteiger partial charge in [0, 0.05) is 35.3 Å². The van der Waals surface area contributed by atoms with E-state index in [0.717, 1.165) is 36.7 Å². The van der Waals surface area contributed by atoms with Gasteiger partial charge < -0.3 is 5.11 Å². The fourth-order valence-electron chi connectivity index (χ4n) is 9.84. The third-order valence-corrected chi connectivity index (χ3v) is 12.8. The van der Waals surface area contributed by atoms with E-state index >= 15 is 0 Å². The first-order valence-electron chi connectivity index (χ1n) is 13.7. The number of carbonyl (C=O) groups is 2. The van der Waals surface area contributed by atoms with Gasteiger partial charge in [-0.1, -0.05) is 58.0 Å². The molecule has 1 N–H and O–H groups in total. The van der Waals surface area contributed by atoms with Crippen molar-refractivity contribution in [3.63, 3.8) is 0 Å². The third kappa shape index (κ3) is 2.84. The molecular formula is C29H40FNO4S. The second-order valence-corrected chi connectivity index (χ2v) is 14.4. The van der Waals surface area contributed by atoms with Gasteiger partial charge in [-0.15, -0.1) is 0 Å². The van der Waals surface area contributed by atoms with E-state index in [1.807, 2.05) is 11.1 Å². The summed E-state index contributed by atoms with van der Waals surface area (Å²) in [5.41, 5.74) is -1.90. The molecule has 0 amide bonds. The average molecular weight is 518 g/mol. The topological polar surface area (TPSA) is 66.8 Å². The van der Waals surface area contributed by atoms with Gasteiger partial charge in [0.05, 0.1) is 6.10 Å². The van der Waals surface area contributed by atoms with E-state index in [4.69, 9.17) is 4.84 Å². The number of rotatable bonds is 4. The second-order valence-electron chi connectivity index (χ2n) is 13.5. The van der Waals surface area contributed by atoms with Crippen molar-refractivity contribution < 1.29 is 23.9 Å². The van der Waals surface area contributed by atoms with Crippen LogP contribution in [0.15, 0.2) is 23.8 Å². The summed E-state index contributed by atoms with van der Waals surface area (Å²) in [4.78, 5) is 32.9. The number of hydroxylamine groups is 2. The first-order valence-corrected chi connectivity index (χ1v) is 14.7. The normalized spacial score (nSPS) is 51.9. The molecule has 0 aromatic rings. The van der Waals surface area contributed by atoms with Crippen LogP contribution in [0, 0.1) is 45.3 Å². The van der Waals surface area contributed by atoms with Crippen molar-refractivity contribution in [3.8, 4) is 0 Å². The largest absolute Gasteiger partial charge is 0.392 e. The van der Waals surface area contributed by atoms with Crippen LogP contribution in [0.2, 0.25) is 0 Å². The molecule has 1 aliphatic heterocycles. The standard InChI is InChI=1S/C29H40FNO4S/c1-17-10-22-26(3)12-19-15-31(14-18-6-7-18)35-29(19,24(34)36-16-30)27(26,4)13-23(33)28(22,5)25(2)9-8-20(32)11-21(17)25/h8-9,11,17-19,22-23,33H,6-7,10,12-16H2,1-5H3/t17-,19-,22-,23-,25-,26-,27-,28+,29-/m0/s1. The fourth-order valence-corrected chi connectivity index (χ4v) is 10.6. The second kappa shape index (κ2) is 7.77. The van der Waals surface area contributed by atoms with Crippen LogP contribution in [-0.4, -0.2) is 51.9 Å². The third-order valence-electron chi connectivity index (χ3n) is 12.2. The molecule has 0 aromatic carbocycles. The zero-order chi connectivity index (χ0) is 25.9. The van der Waals surface area contributed by atoms with E-state index in [1.54, 1.807) is 12.2 Å². The number of fused-ring (bicyclic) bond motifs is 7. The van der Waals surface area contributed by atoms with Gasteiger partial charge >= 0.3 is 0 Å². The zero-order valence-electron chi connectivity index (χ0n) is 22.2. The molecule has 7 heteroatoms. The maximum absolute atomic E-state index is 13.9. The number of ketones is 1. The predicted octanol–water partition coefficient (Wildman–Crippen LogP) is 5.10. The van der Waals surface area contributed by atoms with Gasteiger partial charge in [-0.3, -0.25) is 14.4 Å². The Morgan fingerprint density at radius 1 is 1.25 bits per heavy atom. The Morgan fingerprint density at radius 3 is 2.64 bits per heavy atom. The summed E-state index contributed by atoms with van der Waals surface area (Å²) in [5.74, 6) is 0.906. The predicted molar refractivity (Wildman–Crippen MR) is 137 cm³/mol. The van der Waals surface area contributed by atoms with Crippen molar-refractivity contribution in [3.05, 3.63) is 23.8 Å². The summed E-state index contributed by atoms with van der Waals surface area (Å²) in [7, 11) is 0. The molecule has 1 heterocycles. The lowest BCUT2D eigenvalue weighted by Gasteiger charge is -2.70. The van der Waals surface area contributed by atoms with Crippen LogP contribution in [0.3, 0.4) is 0 Å². The number of hydrogen-bond donors (Lipinski definition) is 1. The Labute approximate surface area is 218 Å². The summed E-state index contributed by atoms with van der Waals surface area (Å²) < 4.78 is 13.6. The number of carbonyl (C=O) groups excluding carboxylic acids is 2. The first-order chi connectivity index (χ1) is 16.9. The quantitative estimate of drug-likeness (QED) is 0.560. The first kappa shape index (κ1) is 25.3. The Hall–Kier alpha value is -1.02. The molecule has 9 atom stereocenters. The van der Waals surface area contributed by atoms with E-state index in [-0.39, 0.29) is 34.1 Å². The van der Waals surface area contributed by atoms with Gasteiger partial charge in [0.25, 0.3) is 0 Å². The van der Waals surface area contributed by atoms with E-state index < -0.39 is 34.0 Å². The van der Waals surface area contributed by atoms with Gasteiger partial charge in [0.1, 0.15) is 6.01 Å². The summed E-state index contributed by atoms with van der Waals surface area (Å²) in [6, 6.07) is -0.766. The van der Waals surface area contributed by atoms with Crippen LogP contribution < -0.4 is 0 Å². The minimum atomic E-state index is -1.13. The molecule has 0 aromatic heterocycles. The van der Waals surface area contributed by atoms with Gasteiger partial charge in [0.2, 0.25) is 5.12 Å². The van der Waals surface area contributed by atoms with Crippen LogP contribution in [0.5, 0.6) is 0 Å². The molecule has 6 aliphatic rings. The average Bonchev–Trinajstić information content (AvgIpc) is 3.51. The summed E-state index contributed by atoms with van der Waals surface area (Å²) in [6.07, 6.45) is 9.27. The van der Waals surface area contributed by atoms with Crippen LogP contribution in [-0.2, 0) is 14.4 Å². The maximum atomic E-state index is 13.9. The number of allylic oxidation sites excluding steroid dienone is 4. The van der Waals surface area contributed by atoms with Crippen LogP contribution in [0.25, 0.3) is 0 Å². The number of alkyl halides is 1. The van der Waals surface area contributed by atoms with E-state index in [0.29, 0.717) is 18.9 Å². The SMILES string of the molecule is C[C@H]1C[C@@H]2[C@](C)([C@@H](O)C[C@@]3(C)[C@@]2(C)C[C@H]2CN(CC4CC4)O[C@]23C(=O)SCF)[C@@]2(C)C=CC(=O)C=C12. The number of aliphatic hydroxyl groups excluding tert-OH is 1. The molecule has 4 saturated carbocycles. The van der Waals surface area contributed by atoms with Gasteiger partial charge in [0.15, 0.2) is 11.4 Å². The highest BCUT2D eigenvalue weighted by molar-refractivity contribution is 8.13. The Kier molecular flexibility index (Phi) is 5.45. The summed E-state index contributed by atoms with van der Waals surface area (Å²) >= 11 is 0.737. The number of halogens is 1. The molecule has 5 fully saturated rings. The molecule has 6 rings (SSSR count). The maximum Gasteiger partial charge on any atom is 0.226 e. The van der Waals surface area contributed by atoms with Crippen molar-refractivity contribution in [2.24, 2.45) is 45.3 Å². The van der Waals surface area contributed by atoms with Crippen molar-refractivity contribution in [1.29, 1.82) is 0 Å². The number of thioether (sulfide) groups is 1. The minimum absolute atomic E-state index is 0.0186. The van der Waals surface area contributed by atoms with Crippen molar-refractivity contribution in [2.45, 2.75) is 78.4 Å². The lowest BCUT2D eigenvalue weighted by Crippen LogP contribution is -2.70. The highest BCUT2D eigenvalue weighted by Gasteiger charge is 2.81. The Balaban J connectivity index is 1.47. The van der Waals surface area contributed by atoms with Crippen LogP contribution in [0.4, 0.5) is 4.39 Å². The smallest absolute Gasteiger partial charge is 0.226 e. The van der Waals surface area contributed by atoms with Gasteiger partial charge in [-0.05, 0) is 67.4 Å². The molecule has 1 saturated heterocycles. The Morgan fingerprint density at radius 2 is 1.97 bits per heavy atom. The molecule has 0 radical (unpaired) electrons. The number of hydrogen-bond acceptors (Lipinski definition) is 6. The van der Waals surface area contributed by atoms with Crippen molar-refractivity contribution >= 4 is 22.7 Å². The number of aliphatic hydroxyl groups is 1. The van der Waals surface area contributed by atoms with E-state index in [9.17, 15) is 19.1 Å². The molecular weight excluding hydrogens is 477 g/mol. The van der Waals surface area contributed by atoms with E-state index in [2.05, 4.69) is 34.6 Å².